The monoisotopic (exact) mass is 436 g/mol. The summed E-state index contributed by atoms with van der Waals surface area (Å²) in [6, 6.07) is 11.3. The van der Waals surface area contributed by atoms with Gasteiger partial charge in [0.25, 0.3) is 5.91 Å². The van der Waals surface area contributed by atoms with Gasteiger partial charge in [-0.1, -0.05) is 0 Å². The van der Waals surface area contributed by atoms with Gasteiger partial charge in [0.15, 0.2) is 5.65 Å². The molecule has 0 unspecified atom stereocenters. The quantitative estimate of drug-likeness (QED) is 0.443. The van der Waals surface area contributed by atoms with Crippen LogP contribution in [0.5, 0.6) is 11.5 Å². The lowest BCUT2D eigenvalue weighted by atomic mass is 10.1. The number of nitrogens with zero attached hydrogens (tertiary/aromatic N) is 3. The number of nitrogens with one attached hydrogen (secondary N) is 1. The van der Waals surface area contributed by atoms with Crippen LogP contribution >= 0.6 is 11.3 Å². The van der Waals surface area contributed by atoms with Crippen molar-refractivity contribution in [2.45, 2.75) is 26.8 Å². The highest BCUT2D eigenvalue weighted by molar-refractivity contribution is 7.15. The van der Waals surface area contributed by atoms with E-state index in [-0.39, 0.29) is 11.9 Å². The number of fused-ring (bicyclic) bond motifs is 1. The Kier molecular flexibility index (Phi) is 5.65. The molecule has 0 bridgehead atoms. The number of anilines is 1. The molecule has 31 heavy (non-hydrogen) atoms. The third-order valence-corrected chi connectivity index (χ3v) is 5.97. The van der Waals surface area contributed by atoms with Gasteiger partial charge in [0.1, 0.15) is 11.5 Å². The lowest BCUT2D eigenvalue weighted by Gasteiger charge is -2.13. The molecule has 0 fully saturated rings. The Morgan fingerprint density at radius 1 is 1.13 bits per heavy atom. The molecule has 1 aromatic carbocycles. The van der Waals surface area contributed by atoms with Crippen molar-refractivity contribution in [2.24, 2.45) is 0 Å². The first-order valence-electron chi connectivity index (χ1n) is 9.89. The van der Waals surface area contributed by atoms with Crippen LogP contribution in [0.2, 0.25) is 0 Å². The van der Waals surface area contributed by atoms with E-state index in [1.54, 1.807) is 50.0 Å². The minimum atomic E-state index is -0.267. The number of aromatic nitrogens is 3. The summed E-state index contributed by atoms with van der Waals surface area (Å²) in [5.74, 6) is 0.904. The van der Waals surface area contributed by atoms with Crippen molar-refractivity contribution < 1.29 is 14.3 Å². The van der Waals surface area contributed by atoms with Crippen molar-refractivity contribution in [3.05, 3.63) is 53.0 Å². The van der Waals surface area contributed by atoms with Crippen LogP contribution in [0.1, 0.15) is 35.1 Å². The van der Waals surface area contributed by atoms with Gasteiger partial charge in [-0.05, 0) is 51.1 Å². The Hall–Kier alpha value is -3.39. The number of hydrogen-bond acceptors (Lipinski definition) is 6. The summed E-state index contributed by atoms with van der Waals surface area (Å²) in [7, 11) is 3.14. The molecule has 7 nitrogen and oxygen atoms in total. The van der Waals surface area contributed by atoms with Crippen molar-refractivity contribution >= 4 is 34.0 Å². The zero-order valence-corrected chi connectivity index (χ0v) is 18.9. The normalized spacial score (nSPS) is 11.2. The minimum Gasteiger partial charge on any atom is -0.497 e. The number of methoxy groups -OCH3 is 2. The molecule has 4 aromatic rings. The molecule has 1 N–H and O–H groups in total. The molecular weight excluding hydrogens is 412 g/mol. The van der Waals surface area contributed by atoms with Crippen LogP contribution in [0.4, 0.5) is 5.69 Å². The first kappa shape index (κ1) is 20.9. The van der Waals surface area contributed by atoms with Gasteiger partial charge in [-0.25, -0.2) is 9.67 Å². The smallest absolute Gasteiger partial charge is 0.256 e. The number of amides is 1. The second kappa shape index (κ2) is 8.39. The predicted octanol–water partition coefficient (Wildman–Crippen LogP) is 5.32. The highest BCUT2D eigenvalue weighted by Gasteiger charge is 2.20. The molecule has 0 aliphatic heterocycles. The molecule has 3 heterocycles. The second-order valence-corrected chi connectivity index (χ2v) is 8.69. The Labute approximate surface area is 184 Å². The van der Waals surface area contributed by atoms with Crippen molar-refractivity contribution in [3.63, 3.8) is 0 Å². The minimum absolute atomic E-state index is 0.111. The number of rotatable bonds is 6. The van der Waals surface area contributed by atoms with E-state index in [1.165, 1.54) is 4.88 Å². The second-order valence-electron chi connectivity index (χ2n) is 7.41. The van der Waals surface area contributed by atoms with Crippen molar-refractivity contribution in [1.29, 1.82) is 0 Å². The maximum absolute atomic E-state index is 13.4. The Morgan fingerprint density at radius 2 is 1.94 bits per heavy atom. The fourth-order valence-electron chi connectivity index (χ4n) is 3.38. The summed E-state index contributed by atoms with van der Waals surface area (Å²) in [6.45, 7) is 6.13. The summed E-state index contributed by atoms with van der Waals surface area (Å²) in [6.07, 6.45) is 1.70. The molecule has 3 aromatic heterocycles. The molecule has 160 valence electrons. The fourth-order valence-corrected chi connectivity index (χ4v) is 4.21. The number of carbonyl (C=O) groups is 1. The van der Waals surface area contributed by atoms with E-state index in [0.29, 0.717) is 33.8 Å². The van der Waals surface area contributed by atoms with Crippen LogP contribution in [-0.4, -0.2) is 34.9 Å². The molecule has 0 aliphatic carbocycles. The van der Waals surface area contributed by atoms with Gasteiger partial charge in [0, 0.05) is 17.0 Å². The van der Waals surface area contributed by atoms with E-state index in [0.717, 1.165) is 10.6 Å². The van der Waals surface area contributed by atoms with Crippen LogP contribution in [0.15, 0.2) is 42.6 Å². The average Bonchev–Trinajstić information content (AvgIpc) is 3.39. The summed E-state index contributed by atoms with van der Waals surface area (Å²) >= 11 is 1.64. The van der Waals surface area contributed by atoms with Gasteiger partial charge in [0.2, 0.25) is 0 Å². The van der Waals surface area contributed by atoms with Crippen LogP contribution in [0.3, 0.4) is 0 Å². The first-order chi connectivity index (χ1) is 14.9. The van der Waals surface area contributed by atoms with Gasteiger partial charge in [0.05, 0.1) is 47.6 Å². The van der Waals surface area contributed by atoms with Crippen molar-refractivity contribution in [2.75, 3.05) is 19.5 Å². The third-order valence-electron chi connectivity index (χ3n) is 4.95. The summed E-state index contributed by atoms with van der Waals surface area (Å²) in [5, 5.41) is 8.14. The van der Waals surface area contributed by atoms with Crippen molar-refractivity contribution in [1.82, 2.24) is 14.8 Å². The molecule has 0 spiro atoms. The molecule has 8 heteroatoms. The standard InChI is InChI=1S/C23H24N4O3S/c1-13(2)27-22-17(12-24-27)16(11-19(25-22)21-9-6-14(3)31-21)23(28)26-18-10-15(29-4)7-8-20(18)30-5/h6-13H,1-5H3,(H,26,28). The van der Waals surface area contributed by atoms with Gasteiger partial charge in [-0.2, -0.15) is 5.10 Å². The SMILES string of the molecule is COc1ccc(OC)c(NC(=O)c2cc(-c3ccc(C)s3)nc3c2cnn3C(C)C)c1. The summed E-state index contributed by atoms with van der Waals surface area (Å²) in [4.78, 5) is 20.4. The number of hydrogen-bond donors (Lipinski definition) is 1. The topological polar surface area (TPSA) is 78.3 Å². The van der Waals surface area contributed by atoms with E-state index in [1.807, 2.05) is 43.7 Å². The highest BCUT2D eigenvalue weighted by Crippen LogP contribution is 2.33. The zero-order valence-electron chi connectivity index (χ0n) is 18.1. The van der Waals surface area contributed by atoms with Crippen LogP contribution < -0.4 is 14.8 Å². The lowest BCUT2D eigenvalue weighted by Crippen LogP contribution is -2.14. The average molecular weight is 437 g/mol. The van der Waals surface area contributed by atoms with Crippen LogP contribution in [0, 0.1) is 6.92 Å². The highest BCUT2D eigenvalue weighted by atomic mass is 32.1. The van der Waals surface area contributed by atoms with Crippen LogP contribution in [-0.2, 0) is 0 Å². The molecule has 0 aliphatic rings. The van der Waals surface area contributed by atoms with E-state index >= 15 is 0 Å². The maximum Gasteiger partial charge on any atom is 0.256 e. The maximum atomic E-state index is 13.4. The molecule has 0 atom stereocenters. The molecule has 0 saturated carbocycles. The number of aryl methyl sites for hydroxylation is 1. The summed E-state index contributed by atoms with van der Waals surface area (Å²) < 4.78 is 12.5. The number of thiophene rings is 1. The number of ether oxygens (including phenoxy) is 2. The van der Waals surface area contributed by atoms with E-state index in [4.69, 9.17) is 14.5 Å². The molecule has 0 saturated heterocycles. The number of carbonyl (C=O) groups excluding carboxylic acids is 1. The molecule has 1 amide bonds. The molecule has 0 radical (unpaired) electrons. The Morgan fingerprint density at radius 3 is 2.58 bits per heavy atom. The third kappa shape index (κ3) is 3.98. The Balaban J connectivity index is 1.83. The van der Waals surface area contributed by atoms with Gasteiger partial charge >= 0.3 is 0 Å². The van der Waals surface area contributed by atoms with E-state index in [9.17, 15) is 4.79 Å². The van der Waals surface area contributed by atoms with Gasteiger partial charge < -0.3 is 14.8 Å². The van der Waals surface area contributed by atoms with Crippen molar-refractivity contribution in [3.8, 4) is 22.1 Å². The Bertz CT molecular complexity index is 1260. The largest absolute Gasteiger partial charge is 0.497 e. The van der Waals surface area contributed by atoms with Crippen LogP contribution in [0.25, 0.3) is 21.6 Å². The van der Waals surface area contributed by atoms with E-state index in [2.05, 4.69) is 10.4 Å². The fraction of sp³-hybridized carbons (Fsp3) is 0.261. The number of pyridine rings is 1. The lowest BCUT2D eigenvalue weighted by molar-refractivity contribution is 0.102. The number of benzene rings is 1. The summed E-state index contributed by atoms with van der Waals surface area (Å²) in [5.41, 5.74) is 2.46. The molecule has 4 rings (SSSR count). The van der Waals surface area contributed by atoms with Gasteiger partial charge in [-0.3, -0.25) is 4.79 Å². The predicted molar refractivity (Wildman–Crippen MR) is 123 cm³/mol. The first-order valence-corrected chi connectivity index (χ1v) is 10.7. The molecular formula is C23H24N4O3S. The van der Waals surface area contributed by atoms with E-state index < -0.39 is 0 Å². The zero-order chi connectivity index (χ0) is 22.1. The van der Waals surface area contributed by atoms with Gasteiger partial charge in [-0.15, -0.1) is 11.3 Å².